The van der Waals surface area contributed by atoms with Crippen LogP contribution in [0.25, 0.3) is 0 Å². The number of carbonyl (C=O) groups is 2. The van der Waals surface area contributed by atoms with Gasteiger partial charge in [-0.05, 0) is 84.9 Å². The molecule has 8 fully saturated rings. The van der Waals surface area contributed by atoms with Gasteiger partial charge in [0.15, 0.2) is 0 Å². The predicted octanol–water partition coefficient (Wildman–Crippen LogP) is 2.90. The van der Waals surface area contributed by atoms with E-state index in [2.05, 4.69) is 0 Å². The van der Waals surface area contributed by atoms with E-state index in [1.165, 1.54) is 38.5 Å². The molecule has 4 nitrogen and oxygen atoms in total. The minimum Gasteiger partial charge on any atom is -0.469 e. The minimum atomic E-state index is -0.545. The Balaban J connectivity index is 1.54. The molecule has 0 aromatic heterocycles. The fraction of sp³-hybridized carbons (Fsp3) is 0.909. The van der Waals surface area contributed by atoms with E-state index < -0.39 is 10.8 Å². The van der Waals surface area contributed by atoms with Gasteiger partial charge in [-0.25, -0.2) is 0 Å². The van der Waals surface area contributed by atoms with Crippen molar-refractivity contribution >= 4 is 11.9 Å². The summed E-state index contributed by atoms with van der Waals surface area (Å²) in [4.78, 5) is 27.2. The summed E-state index contributed by atoms with van der Waals surface area (Å²) in [5.74, 6) is 5.35. The van der Waals surface area contributed by atoms with Crippen molar-refractivity contribution < 1.29 is 19.1 Å². The van der Waals surface area contributed by atoms with Crippen molar-refractivity contribution in [3.05, 3.63) is 0 Å². The molecule has 0 amide bonds. The first kappa shape index (κ1) is 14.9. The van der Waals surface area contributed by atoms with Gasteiger partial charge >= 0.3 is 11.9 Å². The molecule has 4 unspecified atom stereocenters. The maximum absolute atomic E-state index is 13.6. The summed E-state index contributed by atoms with van der Waals surface area (Å²) >= 11 is 0. The van der Waals surface area contributed by atoms with Crippen molar-refractivity contribution in [3.8, 4) is 0 Å². The van der Waals surface area contributed by atoms with Gasteiger partial charge in [-0.15, -0.1) is 0 Å². The third-order valence-electron chi connectivity index (χ3n) is 11.0. The molecule has 0 radical (unpaired) electrons. The van der Waals surface area contributed by atoms with Crippen LogP contribution >= 0.6 is 0 Å². The highest BCUT2D eigenvalue weighted by Crippen LogP contribution is 2.97. The van der Waals surface area contributed by atoms with E-state index in [4.69, 9.17) is 9.47 Å². The second-order valence-corrected chi connectivity index (χ2v) is 10.5. The first-order valence-corrected chi connectivity index (χ1v) is 10.8. The number of methoxy groups -OCH3 is 2. The first-order chi connectivity index (χ1) is 12.7. The molecule has 0 saturated heterocycles. The van der Waals surface area contributed by atoms with Gasteiger partial charge < -0.3 is 9.47 Å². The summed E-state index contributed by atoms with van der Waals surface area (Å²) in [7, 11) is 3.09. The van der Waals surface area contributed by atoms with Crippen LogP contribution in [0.1, 0.15) is 38.5 Å². The Bertz CT molecular complexity index is 644. The Hall–Kier alpha value is -1.06. The maximum atomic E-state index is 13.6. The highest BCUT2D eigenvalue weighted by atomic mass is 16.5. The lowest BCUT2D eigenvalue weighted by Crippen LogP contribution is -2.65. The molecule has 0 N–H and O–H groups in total. The van der Waals surface area contributed by atoms with Crippen LogP contribution in [0.2, 0.25) is 0 Å². The third-order valence-corrected chi connectivity index (χ3v) is 11.0. The van der Waals surface area contributed by atoms with Crippen LogP contribution in [0.5, 0.6) is 0 Å². The minimum absolute atomic E-state index is 0.0499. The maximum Gasteiger partial charge on any atom is 0.313 e. The Labute approximate surface area is 154 Å². The molecule has 140 valence electrons. The molecule has 26 heavy (non-hydrogen) atoms. The summed E-state index contributed by atoms with van der Waals surface area (Å²) in [6.07, 6.45) is 7.59. The van der Waals surface area contributed by atoms with E-state index in [1.807, 2.05) is 0 Å². The molecule has 8 aliphatic carbocycles. The van der Waals surface area contributed by atoms with Gasteiger partial charge in [0, 0.05) is 0 Å². The Morgan fingerprint density at radius 3 is 1.23 bits per heavy atom. The predicted molar refractivity (Wildman–Crippen MR) is 91.5 cm³/mol. The van der Waals surface area contributed by atoms with Crippen LogP contribution in [0.15, 0.2) is 0 Å². The molecular formula is C22H28O4. The second-order valence-electron chi connectivity index (χ2n) is 10.5. The SMILES string of the molecule is COC(=O)C12[C@@H]3C4C5[C@H]1[C@@H]1CCC[C@@H]1[C@H]5C2(C(=O)OC)[C@H]4[C@@H]1CCC[C@@H]13. The molecule has 8 saturated carbocycles. The number of hydrogen-bond acceptors (Lipinski definition) is 4. The number of hydrogen-bond donors (Lipinski definition) is 0. The average Bonchev–Trinajstić information content (AvgIpc) is 3.44. The first-order valence-electron chi connectivity index (χ1n) is 10.8. The summed E-state index contributed by atoms with van der Waals surface area (Å²) in [5.41, 5.74) is -1.09. The van der Waals surface area contributed by atoms with Crippen molar-refractivity contribution in [1.29, 1.82) is 0 Å². The molecule has 8 rings (SSSR count). The largest absolute Gasteiger partial charge is 0.469 e. The lowest BCUT2D eigenvalue weighted by atomic mass is 9.43. The molecule has 0 heterocycles. The van der Waals surface area contributed by atoms with Crippen molar-refractivity contribution in [3.63, 3.8) is 0 Å². The van der Waals surface area contributed by atoms with E-state index in [0.717, 1.165) is 0 Å². The summed E-state index contributed by atoms with van der Waals surface area (Å²) in [5, 5.41) is 0. The van der Waals surface area contributed by atoms with E-state index in [-0.39, 0.29) is 11.9 Å². The van der Waals surface area contributed by atoms with E-state index in [0.29, 0.717) is 59.2 Å². The van der Waals surface area contributed by atoms with Crippen molar-refractivity contribution in [2.75, 3.05) is 14.2 Å². The molecule has 0 aliphatic heterocycles. The molecule has 12 atom stereocenters. The standard InChI is InChI=1S/C22H28O4/c1-25-19(23)21-15-9-5-3-7-11(9)17-13(15)14-16(21)10-6-4-8-12(10)18(14)22(17,21)20(24)26-2/h9-18H,3-8H2,1-2H3/t9-,10+,11+,12-,13?,14?,15-,16+,17-,18+,21?,22?. The van der Waals surface area contributed by atoms with Crippen LogP contribution in [-0.2, 0) is 19.1 Å². The third kappa shape index (κ3) is 1.02. The molecule has 0 aromatic rings. The van der Waals surface area contributed by atoms with Crippen molar-refractivity contribution in [2.24, 2.45) is 70.0 Å². The van der Waals surface area contributed by atoms with E-state index >= 15 is 0 Å². The Morgan fingerprint density at radius 1 is 0.654 bits per heavy atom. The van der Waals surface area contributed by atoms with Gasteiger partial charge in [0.05, 0.1) is 25.0 Å². The van der Waals surface area contributed by atoms with Gasteiger partial charge in [0.2, 0.25) is 0 Å². The summed E-state index contributed by atoms with van der Waals surface area (Å²) < 4.78 is 11.1. The lowest BCUT2D eigenvalue weighted by molar-refractivity contribution is -0.208. The zero-order valence-electron chi connectivity index (χ0n) is 15.6. The van der Waals surface area contributed by atoms with Crippen LogP contribution in [-0.4, -0.2) is 26.2 Å². The fourth-order valence-corrected chi connectivity index (χ4v) is 11.7. The van der Waals surface area contributed by atoms with Gasteiger partial charge in [-0.3, -0.25) is 9.59 Å². The Morgan fingerprint density at radius 2 is 0.962 bits per heavy atom. The number of rotatable bonds is 2. The molecule has 8 bridgehead atoms. The van der Waals surface area contributed by atoms with Crippen LogP contribution in [0, 0.1) is 70.0 Å². The van der Waals surface area contributed by atoms with Gasteiger partial charge in [-0.2, -0.15) is 0 Å². The van der Waals surface area contributed by atoms with E-state index in [1.54, 1.807) is 14.2 Å². The number of fused-ring (bicyclic) bond motifs is 2. The average molecular weight is 356 g/mol. The van der Waals surface area contributed by atoms with Gasteiger partial charge in [-0.1, -0.05) is 12.8 Å². The van der Waals surface area contributed by atoms with Gasteiger partial charge in [0.25, 0.3) is 0 Å². The van der Waals surface area contributed by atoms with Crippen molar-refractivity contribution in [1.82, 2.24) is 0 Å². The van der Waals surface area contributed by atoms with Gasteiger partial charge in [0.1, 0.15) is 0 Å². The highest BCUT2D eigenvalue weighted by molar-refractivity contribution is 5.94. The van der Waals surface area contributed by atoms with Crippen LogP contribution in [0.3, 0.4) is 0 Å². The normalized spacial score (nSPS) is 64.2. The quantitative estimate of drug-likeness (QED) is 0.714. The monoisotopic (exact) mass is 356 g/mol. The number of carbonyl (C=O) groups excluding carboxylic acids is 2. The molecule has 4 heteroatoms. The van der Waals surface area contributed by atoms with Crippen LogP contribution < -0.4 is 0 Å². The Kier molecular flexibility index (Phi) is 2.40. The highest BCUT2D eigenvalue weighted by Gasteiger charge is 3.00. The zero-order chi connectivity index (χ0) is 17.6. The smallest absolute Gasteiger partial charge is 0.313 e. The number of ether oxygens (including phenoxy) is 2. The molecular weight excluding hydrogens is 328 g/mol. The summed E-state index contributed by atoms with van der Waals surface area (Å²) in [6.45, 7) is 0. The van der Waals surface area contributed by atoms with Crippen molar-refractivity contribution in [2.45, 2.75) is 38.5 Å². The topological polar surface area (TPSA) is 52.6 Å². The zero-order valence-corrected chi connectivity index (χ0v) is 15.6. The molecule has 8 aliphatic rings. The van der Waals surface area contributed by atoms with Crippen LogP contribution in [0.4, 0.5) is 0 Å². The van der Waals surface area contributed by atoms with E-state index in [9.17, 15) is 9.59 Å². The summed E-state index contributed by atoms with van der Waals surface area (Å²) in [6, 6.07) is 0. The lowest BCUT2D eigenvalue weighted by Gasteiger charge is -2.57. The molecule has 0 aromatic carbocycles. The fourth-order valence-electron chi connectivity index (χ4n) is 11.7. The molecule has 0 spiro atoms. The number of esters is 2. The second kappa shape index (κ2) is 4.17.